The number of nitrogens with one attached hydrogen (secondary N) is 1. The van der Waals surface area contributed by atoms with Crippen molar-refractivity contribution in [3.05, 3.63) is 24.2 Å². The van der Waals surface area contributed by atoms with Crippen LogP contribution in [0.5, 0.6) is 0 Å². The number of nitrogens with zero attached hydrogens (tertiary/aromatic N) is 3. The molecule has 1 fully saturated rings. The Kier molecular flexibility index (Phi) is 8.62. The molecule has 3 rings (SSSR count). The molecule has 0 bridgehead atoms. The van der Waals surface area contributed by atoms with E-state index in [9.17, 15) is 9.90 Å². The largest absolute Gasteiger partial charge is 0.481 e. The molecule has 2 N–H and O–H groups in total. The lowest BCUT2D eigenvalue weighted by Gasteiger charge is -2.21. The van der Waals surface area contributed by atoms with Gasteiger partial charge in [-0.1, -0.05) is 50.1 Å². The first-order valence-corrected chi connectivity index (χ1v) is 10.9. The Morgan fingerprint density at radius 2 is 2.17 bits per heavy atom. The number of carbonyl (C=O) groups is 1. The van der Waals surface area contributed by atoms with Crippen molar-refractivity contribution in [3.63, 3.8) is 0 Å². The molecule has 8 nitrogen and oxygen atoms in total. The van der Waals surface area contributed by atoms with Gasteiger partial charge in [0.15, 0.2) is 0 Å². The molecule has 2 heterocycles. The maximum absolute atomic E-state index is 11.4. The minimum Gasteiger partial charge on any atom is -0.481 e. The summed E-state index contributed by atoms with van der Waals surface area (Å²) in [6, 6.07) is 3.71. The number of pyridine rings is 1. The second-order valence-corrected chi connectivity index (χ2v) is 8.04. The van der Waals surface area contributed by atoms with Gasteiger partial charge in [0.1, 0.15) is 5.82 Å². The number of carboxylic acid groups (broad SMARTS) is 1. The quantitative estimate of drug-likeness (QED) is 0.487. The molecule has 0 amide bonds. The fourth-order valence-electron chi connectivity index (χ4n) is 4.08. The summed E-state index contributed by atoms with van der Waals surface area (Å²) in [4.78, 5) is 20.2. The monoisotopic (exact) mass is 416 g/mol. The number of hydrogen-bond acceptors (Lipinski definition) is 7. The Morgan fingerprint density at radius 3 is 2.87 bits per heavy atom. The minimum atomic E-state index is -0.842. The topological polar surface area (TPSA) is 110 Å². The summed E-state index contributed by atoms with van der Waals surface area (Å²) in [5.41, 5.74) is 0.735. The predicted octanol–water partition coefficient (Wildman–Crippen LogP) is 4.50. The van der Waals surface area contributed by atoms with Crippen molar-refractivity contribution in [1.29, 1.82) is 0 Å². The van der Waals surface area contributed by atoms with Gasteiger partial charge in [0, 0.05) is 31.3 Å². The van der Waals surface area contributed by atoms with Crippen molar-refractivity contribution in [1.82, 2.24) is 15.1 Å². The third kappa shape index (κ3) is 6.79. The first-order chi connectivity index (χ1) is 14.7. The standard InChI is InChI=1S/C22H32N4O4/c1-29-13-12-23-19-11-10-18(15-24-19)21-25-22(30-26-21)17(14-20(27)28)9-5-8-16-6-3-2-4-7-16/h10-11,15-17H,2-9,12-14H2,1H3,(H,23,24)(H,27,28)/t17-/m1/s1. The Bertz CT molecular complexity index is 772. The zero-order chi connectivity index (χ0) is 21.2. The van der Waals surface area contributed by atoms with Crippen LogP contribution in [0.25, 0.3) is 11.4 Å². The molecule has 0 unspecified atom stereocenters. The normalized spacial score (nSPS) is 15.8. The van der Waals surface area contributed by atoms with Gasteiger partial charge in [-0.2, -0.15) is 4.98 Å². The van der Waals surface area contributed by atoms with E-state index in [0.29, 0.717) is 24.9 Å². The zero-order valence-corrected chi connectivity index (χ0v) is 17.7. The van der Waals surface area contributed by atoms with E-state index < -0.39 is 5.97 Å². The molecule has 2 aromatic rings. The number of anilines is 1. The smallest absolute Gasteiger partial charge is 0.304 e. The Morgan fingerprint density at radius 1 is 1.33 bits per heavy atom. The second-order valence-electron chi connectivity index (χ2n) is 8.04. The average molecular weight is 417 g/mol. The maximum Gasteiger partial charge on any atom is 0.304 e. The molecular formula is C22H32N4O4. The molecule has 1 atom stereocenters. The van der Waals surface area contributed by atoms with Gasteiger partial charge in [0.25, 0.3) is 0 Å². The number of rotatable bonds is 12. The Labute approximate surface area is 177 Å². The molecule has 1 aliphatic rings. The highest BCUT2D eigenvalue weighted by atomic mass is 16.5. The van der Waals surface area contributed by atoms with Gasteiger partial charge in [0.2, 0.25) is 11.7 Å². The van der Waals surface area contributed by atoms with Crippen molar-refractivity contribution in [2.45, 2.75) is 63.7 Å². The van der Waals surface area contributed by atoms with Crippen LogP contribution >= 0.6 is 0 Å². The van der Waals surface area contributed by atoms with E-state index in [-0.39, 0.29) is 12.3 Å². The third-order valence-corrected chi connectivity index (χ3v) is 5.74. The van der Waals surface area contributed by atoms with Gasteiger partial charge in [-0.05, 0) is 24.5 Å². The van der Waals surface area contributed by atoms with Crippen molar-refractivity contribution >= 4 is 11.8 Å². The highest BCUT2D eigenvalue weighted by Crippen LogP contribution is 2.31. The lowest BCUT2D eigenvalue weighted by molar-refractivity contribution is -0.137. The second kappa shape index (κ2) is 11.6. The van der Waals surface area contributed by atoms with Crippen LogP contribution in [0.1, 0.15) is 69.6 Å². The summed E-state index contributed by atoms with van der Waals surface area (Å²) in [7, 11) is 1.65. The van der Waals surface area contributed by atoms with Crippen molar-refractivity contribution in [2.24, 2.45) is 5.92 Å². The van der Waals surface area contributed by atoms with Crippen LogP contribution in [-0.2, 0) is 9.53 Å². The van der Waals surface area contributed by atoms with Gasteiger partial charge < -0.3 is 19.7 Å². The van der Waals surface area contributed by atoms with E-state index in [1.54, 1.807) is 13.3 Å². The highest BCUT2D eigenvalue weighted by molar-refractivity contribution is 5.67. The highest BCUT2D eigenvalue weighted by Gasteiger charge is 2.23. The van der Waals surface area contributed by atoms with E-state index in [4.69, 9.17) is 9.26 Å². The van der Waals surface area contributed by atoms with Gasteiger partial charge in [-0.15, -0.1) is 0 Å². The van der Waals surface area contributed by atoms with E-state index in [1.165, 1.54) is 32.1 Å². The van der Waals surface area contributed by atoms with Gasteiger partial charge in [-0.25, -0.2) is 4.98 Å². The molecule has 0 spiro atoms. The molecule has 164 valence electrons. The van der Waals surface area contributed by atoms with Gasteiger partial charge in [0.05, 0.1) is 13.0 Å². The van der Waals surface area contributed by atoms with Crippen LogP contribution < -0.4 is 5.32 Å². The lowest BCUT2D eigenvalue weighted by atomic mass is 9.84. The molecule has 30 heavy (non-hydrogen) atoms. The summed E-state index contributed by atoms with van der Waals surface area (Å²) in [5.74, 6) is 1.26. The van der Waals surface area contributed by atoms with Gasteiger partial charge in [-0.3, -0.25) is 4.79 Å². The summed E-state index contributed by atoms with van der Waals surface area (Å²) in [6.45, 7) is 1.27. The molecule has 1 saturated carbocycles. The van der Waals surface area contributed by atoms with E-state index in [2.05, 4.69) is 20.4 Å². The number of hydrogen-bond donors (Lipinski definition) is 2. The fourth-order valence-corrected chi connectivity index (χ4v) is 4.08. The SMILES string of the molecule is COCCNc1ccc(-c2noc([C@H](CCCC3CCCCC3)CC(=O)O)n2)cn1. The lowest BCUT2D eigenvalue weighted by Crippen LogP contribution is -2.10. The summed E-state index contributed by atoms with van der Waals surface area (Å²) < 4.78 is 10.5. The van der Waals surface area contributed by atoms with Crippen LogP contribution in [0, 0.1) is 5.92 Å². The van der Waals surface area contributed by atoms with Crippen LogP contribution in [-0.4, -0.2) is 46.5 Å². The number of ether oxygens (including phenoxy) is 1. The van der Waals surface area contributed by atoms with Crippen LogP contribution in [0.2, 0.25) is 0 Å². The first-order valence-electron chi connectivity index (χ1n) is 10.9. The molecule has 0 aliphatic heterocycles. The maximum atomic E-state index is 11.4. The summed E-state index contributed by atoms with van der Waals surface area (Å²) >= 11 is 0. The number of aromatic nitrogens is 3. The fraction of sp³-hybridized carbons (Fsp3) is 0.636. The van der Waals surface area contributed by atoms with Crippen LogP contribution in [0.4, 0.5) is 5.82 Å². The van der Waals surface area contributed by atoms with E-state index in [1.807, 2.05) is 12.1 Å². The summed E-state index contributed by atoms with van der Waals surface area (Å²) in [6.07, 6.45) is 11.2. The van der Waals surface area contributed by atoms with E-state index >= 15 is 0 Å². The first kappa shape index (κ1) is 22.2. The van der Waals surface area contributed by atoms with Crippen LogP contribution in [0.15, 0.2) is 22.9 Å². The zero-order valence-electron chi connectivity index (χ0n) is 17.7. The van der Waals surface area contributed by atoms with Crippen LogP contribution in [0.3, 0.4) is 0 Å². The van der Waals surface area contributed by atoms with Crippen molar-refractivity contribution in [3.8, 4) is 11.4 Å². The average Bonchev–Trinajstić information content (AvgIpc) is 3.24. The summed E-state index contributed by atoms with van der Waals surface area (Å²) in [5, 5.41) is 16.5. The molecule has 1 aliphatic carbocycles. The molecule has 0 aromatic carbocycles. The minimum absolute atomic E-state index is 0.00685. The van der Waals surface area contributed by atoms with Crippen molar-refractivity contribution < 1.29 is 19.2 Å². The molecule has 2 aromatic heterocycles. The third-order valence-electron chi connectivity index (χ3n) is 5.74. The molecule has 0 saturated heterocycles. The Balaban J connectivity index is 1.59. The Hall–Kier alpha value is -2.48. The van der Waals surface area contributed by atoms with Gasteiger partial charge >= 0.3 is 5.97 Å². The number of aliphatic carboxylic acids is 1. The van der Waals surface area contributed by atoms with Crippen molar-refractivity contribution in [2.75, 3.05) is 25.6 Å². The van der Waals surface area contributed by atoms with E-state index in [0.717, 1.165) is 36.6 Å². The number of methoxy groups -OCH3 is 1. The number of carboxylic acids is 1. The molecule has 0 radical (unpaired) electrons. The molecular weight excluding hydrogens is 384 g/mol. The predicted molar refractivity (Wildman–Crippen MR) is 113 cm³/mol. The molecule has 8 heteroatoms.